The van der Waals surface area contributed by atoms with Gasteiger partial charge in [0.1, 0.15) is 5.82 Å². The van der Waals surface area contributed by atoms with Crippen molar-refractivity contribution in [3.8, 4) is 0 Å². The van der Waals surface area contributed by atoms with Crippen LogP contribution in [0, 0.1) is 11.7 Å². The first-order valence-electron chi connectivity index (χ1n) is 10.8. The highest BCUT2D eigenvalue weighted by Crippen LogP contribution is 2.26. The number of carbonyl (C=O) groups is 1. The number of amides is 1. The molecule has 1 aromatic rings. The summed E-state index contributed by atoms with van der Waals surface area (Å²) in [5.41, 5.74) is 0.787. The molecule has 6 heteroatoms. The third-order valence-corrected chi connectivity index (χ3v) is 6.55. The van der Waals surface area contributed by atoms with Gasteiger partial charge in [-0.2, -0.15) is 0 Å². The normalized spacial score (nSPS) is 25.8. The Labute approximate surface area is 167 Å². The molecule has 5 nitrogen and oxygen atoms in total. The van der Waals surface area contributed by atoms with Gasteiger partial charge in [-0.05, 0) is 51.4 Å². The molecule has 3 aliphatic rings. The Kier molecular flexibility index (Phi) is 6.60. The Bertz CT molecular complexity index is 657. The number of benzene rings is 1. The van der Waals surface area contributed by atoms with Gasteiger partial charge in [-0.15, -0.1) is 0 Å². The van der Waals surface area contributed by atoms with Gasteiger partial charge in [-0.1, -0.05) is 18.2 Å². The minimum atomic E-state index is -0.106. The SMILES string of the molecule is O=C([C@@H]1CCCN(C2CCN(Cc3ccccc3F)CC2)C1)N1CCOCC1. The molecular formula is C22H32FN3O2. The van der Waals surface area contributed by atoms with E-state index in [0.29, 0.717) is 31.7 Å². The predicted octanol–water partition coefficient (Wildman–Crippen LogP) is 2.36. The van der Waals surface area contributed by atoms with E-state index < -0.39 is 0 Å². The Morgan fingerprint density at radius 2 is 1.79 bits per heavy atom. The van der Waals surface area contributed by atoms with Gasteiger partial charge in [0, 0.05) is 37.8 Å². The highest BCUT2D eigenvalue weighted by molar-refractivity contribution is 5.79. The number of carbonyl (C=O) groups excluding carboxylic acids is 1. The lowest BCUT2D eigenvalue weighted by Gasteiger charge is -2.43. The molecule has 3 heterocycles. The third-order valence-electron chi connectivity index (χ3n) is 6.55. The van der Waals surface area contributed by atoms with Crippen LogP contribution in [0.15, 0.2) is 24.3 Å². The van der Waals surface area contributed by atoms with Gasteiger partial charge < -0.3 is 9.64 Å². The summed E-state index contributed by atoms with van der Waals surface area (Å²) in [6, 6.07) is 7.63. The van der Waals surface area contributed by atoms with Crippen LogP contribution in [-0.4, -0.2) is 79.1 Å². The smallest absolute Gasteiger partial charge is 0.227 e. The van der Waals surface area contributed by atoms with Crippen molar-refractivity contribution in [3.63, 3.8) is 0 Å². The standard InChI is InChI=1S/C22H32FN3O2/c23-21-6-2-1-4-18(21)16-24-10-7-20(8-11-24)26-9-3-5-19(17-26)22(27)25-12-14-28-15-13-25/h1-2,4,6,19-20H,3,5,7-17H2/t19-/m1/s1. The Balaban J connectivity index is 1.27. The molecule has 3 fully saturated rings. The molecule has 28 heavy (non-hydrogen) atoms. The molecule has 1 aromatic carbocycles. The van der Waals surface area contributed by atoms with E-state index >= 15 is 0 Å². The molecule has 0 radical (unpaired) electrons. The van der Waals surface area contributed by atoms with Crippen molar-refractivity contribution in [1.82, 2.24) is 14.7 Å². The molecule has 0 N–H and O–H groups in total. The molecule has 1 atom stereocenters. The number of nitrogens with zero attached hydrogens (tertiary/aromatic N) is 3. The zero-order valence-corrected chi connectivity index (χ0v) is 16.7. The second kappa shape index (κ2) is 9.33. The second-order valence-corrected chi connectivity index (χ2v) is 8.37. The van der Waals surface area contributed by atoms with E-state index in [-0.39, 0.29) is 11.7 Å². The number of hydrogen-bond donors (Lipinski definition) is 0. The maximum Gasteiger partial charge on any atom is 0.227 e. The van der Waals surface area contributed by atoms with Crippen LogP contribution in [-0.2, 0) is 16.1 Å². The first-order chi connectivity index (χ1) is 13.7. The van der Waals surface area contributed by atoms with E-state index in [9.17, 15) is 9.18 Å². The summed E-state index contributed by atoms with van der Waals surface area (Å²) in [5.74, 6) is 0.360. The molecule has 3 aliphatic heterocycles. The minimum Gasteiger partial charge on any atom is -0.378 e. The Hall–Kier alpha value is -1.50. The highest BCUT2D eigenvalue weighted by Gasteiger charge is 2.33. The Morgan fingerprint density at radius 1 is 1.04 bits per heavy atom. The number of piperidine rings is 2. The molecule has 0 bridgehead atoms. The molecule has 0 aromatic heterocycles. The van der Waals surface area contributed by atoms with Crippen LogP contribution in [0.25, 0.3) is 0 Å². The lowest BCUT2D eigenvalue weighted by atomic mass is 9.92. The number of rotatable bonds is 4. The molecule has 3 saturated heterocycles. The zero-order valence-electron chi connectivity index (χ0n) is 16.7. The van der Waals surface area contributed by atoms with Crippen molar-refractivity contribution in [2.24, 2.45) is 5.92 Å². The number of halogens is 1. The van der Waals surface area contributed by atoms with Crippen molar-refractivity contribution in [2.45, 2.75) is 38.3 Å². The lowest BCUT2D eigenvalue weighted by Crippen LogP contribution is -2.52. The fourth-order valence-electron chi connectivity index (χ4n) is 4.89. The van der Waals surface area contributed by atoms with Crippen molar-refractivity contribution in [1.29, 1.82) is 0 Å². The van der Waals surface area contributed by atoms with E-state index in [1.807, 2.05) is 17.0 Å². The van der Waals surface area contributed by atoms with Gasteiger partial charge in [0.05, 0.1) is 19.1 Å². The van der Waals surface area contributed by atoms with Crippen LogP contribution in [0.2, 0.25) is 0 Å². The van der Waals surface area contributed by atoms with Gasteiger partial charge in [0.25, 0.3) is 0 Å². The molecular weight excluding hydrogens is 357 g/mol. The molecule has 0 saturated carbocycles. The van der Waals surface area contributed by atoms with Crippen molar-refractivity contribution in [3.05, 3.63) is 35.6 Å². The van der Waals surface area contributed by atoms with Crippen molar-refractivity contribution < 1.29 is 13.9 Å². The summed E-state index contributed by atoms with van der Waals surface area (Å²) >= 11 is 0. The molecule has 0 unspecified atom stereocenters. The maximum absolute atomic E-state index is 13.9. The monoisotopic (exact) mass is 389 g/mol. The average Bonchev–Trinajstić information content (AvgIpc) is 2.76. The van der Waals surface area contributed by atoms with E-state index in [1.54, 1.807) is 12.1 Å². The summed E-state index contributed by atoms with van der Waals surface area (Å²) in [5, 5.41) is 0. The van der Waals surface area contributed by atoms with Crippen molar-refractivity contribution >= 4 is 5.91 Å². The van der Waals surface area contributed by atoms with Crippen molar-refractivity contribution in [2.75, 3.05) is 52.5 Å². The highest BCUT2D eigenvalue weighted by atomic mass is 19.1. The summed E-state index contributed by atoms with van der Waals surface area (Å²) in [6.45, 7) is 7.50. The molecule has 154 valence electrons. The largest absolute Gasteiger partial charge is 0.378 e. The second-order valence-electron chi connectivity index (χ2n) is 8.37. The van der Waals surface area contributed by atoms with Crippen LogP contribution in [0.4, 0.5) is 4.39 Å². The summed E-state index contributed by atoms with van der Waals surface area (Å²) < 4.78 is 19.3. The number of morpholine rings is 1. The van der Waals surface area contributed by atoms with Crippen LogP contribution in [0.1, 0.15) is 31.2 Å². The van der Waals surface area contributed by atoms with Crippen LogP contribution < -0.4 is 0 Å². The van der Waals surface area contributed by atoms with E-state index in [1.165, 1.54) is 0 Å². The third kappa shape index (κ3) is 4.73. The molecule has 4 rings (SSSR count). The summed E-state index contributed by atoms with van der Waals surface area (Å²) in [6.07, 6.45) is 4.33. The van der Waals surface area contributed by atoms with E-state index in [2.05, 4.69) is 9.80 Å². The molecule has 1 amide bonds. The van der Waals surface area contributed by atoms with E-state index in [0.717, 1.165) is 70.5 Å². The van der Waals surface area contributed by atoms with Gasteiger partial charge in [-0.25, -0.2) is 4.39 Å². The molecule has 0 aliphatic carbocycles. The average molecular weight is 390 g/mol. The maximum atomic E-state index is 13.9. The van der Waals surface area contributed by atoms with Gasteiger partial charge in [-0.3, -0.25) is 14.6 Å². The van der Waals surface area contributed by atoms with Crippen LogP contribution in [0.5, 0.6) is 0 Å². The predicted molar refractivity (Wildman–Crippen MR) is 106 cm³/mol. The minimum absolute atomic E-state index is 0.106. The topological polar surface area (TPSA) is 36.0 Å². The van der Waals surface area contributed by atoms with Gasteiger partial charge >= 0.3 is 0 Å². The Morgan fingerprint density at radius 3 is 2.54 bits per heavy atom. The lowest BCUT2D eigenvalue weighted by molar-refractivity contribution is -0.142. The summed E-state index contributed by atoms with van der Waals surface area (Å²) in [4.78, 5) is 19.8. The number of ether oxygens (including phenoxy) is 1. The van der Waals surface area contributed by atoms with Gasteiger partial charge in [0.2, 0.25) is 5.91 Å². The van der Waals surface area contributed by atoms with Gasteiger partial charge in [0.15, 0.2) is 0 Å². The van der Waals surface area contributed by atoms with Crippen LogP contribution in [0.3, 0.4) is 0 Å². The fourth-order valence-corrected chi connectivity index (χ4v) is 4.89. The molecule has 0 spiro atoms. The van der Waals surface area contributed by atoms with E-state index in [4.69, 9.17) is 4.74 Å². The first kappa shape index (κ1) is 19.8. The quantitative estimate of drug-likeness (QED) is 0.792. The zero-order chi connectivity index (χ0) is 19.3. The van der Waals surface area contributed by atoms with Crippen LogP contribution >= 0.6 is 0 Å². The first-order valence-corrected chi connectivity index (χ1v) is 10.8. The fraction of sp³-hybridized carbons (Fsp3) is 0.682. The number of hydrogen-bond acceptors (Lipinski definition) is 4. The number of likely N-dealkylation sites (tertiary alicyclic amines) is 2. The summed E-state index contributed by atoms with van der Waals surface area (Å²) in [7, 11) is 0.